The van der Waals surface area contributed by atoms with E-state index in [2.05, 4.69) is 37.0 Å². The molecule has 0 saturated heterocycles. The van der Waals surface area contributed by atoms with Crippen LogP contribution in [0.2, 0.25) is 0 Å². The van der Waals surface area contributed by atoms with Crippen molar-refractivity contribution in [3.63, 3.8) is 0 Å². The topological polar surface area (TPSA) is 38.1 Å². The van der Waals surface area contributed by atoms with Crippen LogP contribution in [0.4, 0.5) is 0 Å². The van der Waals surface area contributed by atoms with Crippen molar-refractivity contribution in [2.75, 3.05) is 13.1 Å². The van der Waals surface area contributed by atoms with Crippen molar-refractivity contribution in [1.29, 1.82) is 0 Å². The molecule has 0 atom stereocenters. The molecule has 0 spiro atoms. The highest BCUT2D eigenvalue weighted by molar-refractivity contribution is 9.13. The second kappa shape index (κ2) is 5.82. The van der Waals surface area contributed by atoms with Gasteiger partial charge in [0.2, 0.25) is 5.91 Å². The summed E-state index contributed by atoms with van der Waals surface area (Å²) < 4.78 is 3.34. The van der Waals surface area contributed by atoms with Crippen molar-refractivity contribution in [3.05, 3.63) is 14.8 Å². The van der Waals surface area contributed by atoms with Crippen LogP contribution in [0.15, 0.2) is 9.08 Å². The normalized spacial score (nSPS) is 10.6. The molecule has 1 aromatic rings. The van der Waals surface area contributed by atoms with E-state index < -0.39 is 0 Å². The first kappa shape index (κ1) is 13.7. The Hall–Kier alpha value is -0.360. The summed E-state index contributed by atoms with van der Waals surface area (Å²) in [6, 6.07) is 0. The lowest BCUT2D eigenvalue weighted by Crippen LogP contribution is -2.33. The molecule has 0 N–H and O–H groups in total. The maximum absolute atomic E-state index is 11.9. The lowest BCUT2D eigenvalue weighted by Gasteiger charge is -2.18. The molecule has 0 saturated carbocycles. The number of carbonyl (C=O) groups excluding carboxylic acids is 1. The fraction of sp³-hybridized carbons (Fsp3) is 0.600. The van der Waals surface area contributed by atoms with Crippen molar-refractivity contribution < 1.29 is 4.79 Å². The summed E-state index contributed by atoms with van der Waals surface area (Å²) in [5, 5.41) is 4.24. The summed E-state index contributed by atoms with van der Waals surface area (Å²) in [6.45, 7) is 7.64. The number of hydrogen-bond acceptors (Lipinski definition) is 2. The van der Waals surface area contributed by atoms with Crippen LogP contribution < -0.4 is 0 Å². The molecule has 1 aromatic heterocycles. The van der Waals surface area contributed by atoms with Gasteiger partial charge in [0.15, 0.2) is 0 Å². The smallest absolute Gasteiger partial charge is 0.244 e. The maximum atomic E-state index is 11.9. The van der Waals surface area contributed by atoms with Crippen molar-refractivity contribution in [2.45, 2.75) is 27.3 Å². The summed E-state index contributed by atoms with van der Waals surface area (Å²) in [5.74, 6) is 0.0931. The van der Waals surface area contributed by atoms with Crippen LogP contribution in [-0.4, -0.2) is 33.7 Å². The third-order valence-corrected chi connectivity index (χ3v) is 4.53. The Bertz CT molecular complexity index is 386. The number of likely N-dealkylation sites (N-methyl/N-ethyl adjacent to an activating group) is 1. The second-order valence-electron chi connectivity index (χ2n) is 3.41. The summed E-state index contributed by atoms with van der Waals surface area (Å²) >= 11 is 6.73. The number of halogens is 2. The number of amides is 1. The standard InChI is InChI=1S/C10H15Br2N3O/c1-4-14(5-2)8(16)6-15-7(3)9(11)10(12)13-15/h4-6H2,1-3H3. The number of nitrogens with zero attached hydrogens (tertiary/aromatic N) is 3. The summed E-state index contributed by atoms with van der Waals surface area (Å²) in [6.07, 6.45) is 0. The van der Waals surface area contributed by atoms with Crippen molar-refractivity contribution >= 4 is 37.8 Å². The molecule has 1 heterocycles. The molecule has 0 aromatic carbocycles. The van der Waals surface area contributed by atoms with Gasteiger partial charge >= 0.3 is 0 Å². The molecule has 0 unspecified atom stereocenters. The van der Waals surface area contributed by atoms with E-state index in [0.29, 0.717) is 0 Å². The van der Waals surface area contributed by atoms with Gasteiger partial charge in [0.1, 0.15) is 11.1 Å². The third kappa shape index (κ3) is 2.85. The minimum absolute atomic E-state index is 0.0931. The number of carbonyl (C=O) groups is 1. The predicted octanol–water partition coefficient (Wildman–Crippen LogP) is 2.58. The van der Waals surface area contributed by atoms with E-state index in [4.69, 9.17) is 0 Å². The highest BCUT2D eigenvalue weighted by Crippen LogP contribution is 2.25. The van der Waals surface area contributed by atoms with Gasteiger partial charge in [0, 0.05) is 13.1 Å². The first-order valence-corrected chi connectivity index (χ1v) is 6.76. The number of hydrogen-bond donors (Lipinski definition) is 0. The van der Waals surface area contributed by atoms with Crippen LogP contribution in [0.25, 0.3) is 0 Å². The van der Waals surface area contributed by atoms with E-state index in [9.17, 15) is 4.79 Å². The van der Waals surface area contributed by atoms with Crippen molar-refractivity contribution in [2.24, 2.45) is 0 Å². The Labute approximate surface area is 112 Å². The highest BCUT2D eigenvalue weighted by atomic mass is 79.9. The Morgan fingerprint density at radius 1 is 1.38 bits per heavy atom. The second-order valence-corrected chi connectivity index (χ2v) is 4.96. The van der Waals surface area contributed by atoms with Crippen molar-refractivity contribution in [1.82, 2.24) is 14.7 Å². The average Bonchev–Trinajstić information content (AvgIpc) is 2.48. The van der Waals surface area contributed by atoms with Crippen LogP contribution >= 0.6 is 31.9 Å². The fourth-order valence-corrected chi connectivity index (χ4v) is 2.21. The monoisotopic (exact) mass is 351 g/mol. The van der Waals surface area contributed by atoms with Crippen LogP contribution in [0, 0.1) is 6.92 Å². The number of rotatable bonds is 4. The summed E-state index contributed by atoms with van der Waals surface area (Å²) in [7, 11) is 0. The zero-order chi connectivity index (χ0) is 12.3. The molecular weight excluding hydrogens is 338 g/mol. The molecule has 0 aliphatic carbocycles. The predicted molar refractivity (Wildman–Crippen MR) is 70.3 cm³/mol. The summed E-state index contributed by atoms with van der Waals surface area (Å²) in [5.41, 5.74) is 0.951. The van der Waals surface area contributed by atoms with E-state index >= 15 is 0 Å². The Morgan fingerprint density at radius 2 is 1.94 bits per heavy atom. The molecule has 0 aliphatic rings. The van der Waals surface area contributed by atoms with Gasteiger partial charge in [-0.15, -0.1) is 0 Å². The quantitative estimate of drug-likeness (QED) is 0.835. The van der Waals surface area contributed by atoms with Crippen molar-refractivity contribution in [3.8, 4) is 0 Å². The maximum Gasteiger partial charge on any atom is 0.244 e. The van der Waals surface area contributed by atoms with E-state index in [-0.39, 0.29) is 12.5 Å². The van der Waals surface area contributed by atoms with Gasteiger partial charge in [-0.05, 0) is 52.6 Å². The molecular formula is C10H15Br2N3O. The van der Waals surface area contributed by atoms with Gasteiger partial charge in [-0.25, -0.2) is 0 Å². The van der Waals surface area contributed by atoms with Gasteiger partial charge in [-0.3, -0.25) is 9.48 Å². The lowest BCUT2D eigenvalue weighted by molar-refractivity contribution is -0.131. The lowest BCUT2D eigenvalue weighted by atomic mass is 10.4. The Kier molecular flexibility index (Phi) is 4.98. The molecule has 0 aliphatic heterocycles. The van der Waals surface area contributed by atoms with Gasteiger partial charge < -0.3 is 4.90 Å². The minimum atomic E-state index is 0.0931. The first-order valence-electron chi connectivity index (χ1n) is 5.17. The molecule has 90 valence electrons. The SMILES string of the molecule is CCN(CC)C(=O)Cn1nc(Br)c(Br)c1C. The molecule has 0 fully saturated rings. The van der Waals surface area contributed by atoms with Crippen LogP contribution in [-0.2, 0) is 11.3 Å². The van der Waals surface area contributed by atoms with E-state index in [1.54, 1.807) is 9.58 Å². The first-order chi connectivity index (χ1) is 7.51. The van der Waals surface area contributed by atoms with Gasteiger partial charge in [0.25, 0.3) is 0 Å². The molecule has 0 radical (unpaired) electrons. The zero-order valence-corrected chi connectivity index (χ0v) is 12.8. The summed E-state index contributed by atoms with van der Waals surface area (Å²) in [4.78, 5) is 13.7. The highest BCUT2D eigenvalue weighted by Gasteiger charge is 2.15. The largest absolute Gasteiger partial charge is 0.342 e. The number of aromatic nitrogens is 2. The molecule has 1 amide bonds. The minimum Gasteiger partial charge on any atom is -0.342 e. The van der Waals surface area contributed by atoms with Crippen LogP contribution in [0.3, 0.4) is 0 Å². The third-order valence-electron chi connectivity index (χ3n) is 2.50. The molecule has 1 rings (SSSR count). The van der Waals surface area contributed by atoms with E-state index in [0.717, 1.165) is 27.9 Å². The Morgan fingerprint density at radius 3 is 2.31 bits per heavy atom. The average molecular weight is 353 g/mol. The molecule has 0 bridgehead atoms. The van der Waals surface area contributed by atoms with E-state index in [1.807, 2.05) is 20.8 Å². The molecule has 6 heteroatoms. The van der Waals surface area contributed by atoms with Crippen LogP contribution in [0.1, 0.15) is 19.5 Å². The van der Waals surface area contributed by atoms with E-state index in [1.165, 1.54) is 0 Å². The van der Waals surface area contributed by atoms with Gasteiger partial charge in [-0.1, -0.05) is 0 Å². The van der Waals surface area contributed by atoms with Gasteiger partial charge in [-0.2, -0.15) is 5.10 Å². The zero-order valence-electron chi connectivity index (χ0n) is 9.63. The molecule has 16 heavy (non-hydrogen) atoms. The Balaban J connectivity index is 2.80. The van der Waals surface area contributed by atoms with Crippen LogP contribution in [0.5, 0.6) is 0 Å². The van der Waals surface area contributed by atoms with Gasteiger partial charge in [0.05, 0.1) is 10.2 Å². The fourth-order valence-electron chi connectivity index (χ4n) is 1.45. The molecule has 4 nitrogen and oxygen atoms in total.